The first-order valence-electron chi connectivity index (χ1n) is 9.36. The van der Waals surface area contributed by atoms with E-state index in [2.05, 4.69) is 14.5 Å². The summed E-state index contributed by atoms with van der Waals surface area (Å²) in [5.74, 6) is 0.611. The molecular weight excluding hydrogens is 358 g/mol. The third kappa shape index (κ3) is 4.08. The molecule has 1 fully saturated rings. The zero-order valence-electron chi connectivity index (χ0n) is 15.5. The van der Waals surface area contributed by atoms with Crippen molar-refractivity contribution in [2.24, 2.45) is 4.99 Å². The molecule has 0 spiro atoms. The molecule has 0 radical (unpaired) electrons. The predicted molar refractivity (Wildman–Crippen MR) is 106 cm³/mol. The standard InChI is InChI=1S/C20H21N5O3/c26-25(27)17-5-3-4-16(14-17)15-21-20-22-18-6-1-2-7-19(18)24(20)9-8-23-10-12-28-13-11-23/h1-7,14-15H,8-13H2/p+1. The second kappa shape index (κ2) is 8.28. The Bertz CT molecular complexity index is 1010. The van der Waals surface area contributed by atoms with E-state index >= 15 is 0 Å². The van der Waals surface area contributed by atoms with Crippen molar-refractivity contribution in [1.29, 1.82) is 0 Å². The summed E-state index contributed by atoms with van der Waals surface area (Å²) in [5, 5.41) is 11.0. The van der Waals surface area contributed by atoms with Crippen molar-refractivity contribution >= 4 is 28.9 Å². The van der Waals surface area contributed by atoms with Gasteiger partial charge in [-0.2, -0.15) is 0 Å². The number of aliphatic imine (C=N–C) groups is 1. The fourth-order valence-electron chi connectivity index (χ4n) is 3.41. The van der Waals surface area contributed by atoms with Crippen LogP contribution in [0, 0.1) is 10.1 Å². The smallest absolute Gasteiger partial charge is 0.270 e. The summed E-state index contributed by atoms with van der Waals surface area (Å²) in [7, 11) is 0. The van der Waals surface area contributed by atoms with Crippen LogP contribution >= 0.6 is 0 Å². The predicted octanol–water partition coefficient (Wildman–Crippen LogP) is 1.61. The minimum atomic E-state index is -0.405. The van der Waals surface area contributed by atoms with Crippen molar-refractivity contribution < 1.29 is 14.6 Å². The number of rotatable bonds is 6. The topological polar surface area (TPSA) is 87.0 Å². The van der Waals surface area contributed by atoms with Crippen LogP contribution in [0.5, 0.6) is 0 Å². The van der Waals surface area contributed by atoms with Gasteiger partial charge in [-0.05, 0) is 17.7 Å². The number of para-hydroxylation sites is 2. The van der Waals surface area contributed by atoms with E-state index in [0.717, 1.165) is 50.4 Å². The van der Waals surface area contributed by atoms with Gasteiger partial charge in [-0.1, -0.05) is 24.3 Å². The molecule has 1 aromatic heterocycles. The van der Waals surface area contributed by atoms with Gasteiger partial charge in [0.05, 0.1) is 42.3 Å². The first-order valence-corrected chi connectivity index (χ1v) is 9.36. The lowest BCUT2D eigenvalue weighted by atomic mass is 10.2. The maximum absolute atomic E-state index is 11.0. The molecule has 1 saturated heterocycles. The van der Waals surface area contributed by atoms with Crippen molar-refractivity contribution in [3.63, 3.8) is 0 Å². The van der Waals surface area contributed by atoms with E-state index in [4.69, 9.17) is 4.74 Å². The van der Waals surface area contributed by atoms with E-state index in [0.29, 0.717) is 11.5 Å². The lowest BCUT2D eigenvalue weighted by molar-refractivity contribution is -0.908. The van der Waals surface area contributed by atoms with Crippen LogP contribution in [0.2, 0.25) is 0 Å². The number of hydrogen-bond acceptors (Lipinski definition) is 5. The highest BCUT2D eigenvalue weighted by Gasteiger charge is 2.16. The second-order valence-corrected chi connectivity index (χ2v) is 6.77. The van der Waals surface area contributed by atoms with Gasteiger partial charge < -0.3 is 14.2 Å². The zero-order chi connectivity index (χ0) is 19.3. The van der Waals surface area contributed by atoms with E-state index in [9.17, 15) is 10.1 Å². The Kier molecular flexibility index (Phi) is 5.41. The van der Waals surface area contributed by atoms with Crippen molar-refractivity contribution in [2.45, 2.75) is 6.54 Å². The average molecular weight is 380 g/mol. The lowest BCUT2D eigenvalue weighted by Crippen LogP contribution is -3.14. The Balaban J connectivity index is 1.60. The Hall–Kier alpha value is -3.10. The summed E-state index contributed by atoms with van der Waals surface area (Å²) in [6, 6.07) is 14.4. The van der Waals surface area contributed by atoms with Crippen molar-refractivity contribution in [1.82, 2.24) is 9.55 Å². The highest BCUT2D eigenvalue weighted by atomic mass is 16.6. The highest BCUT2D eigenvalue weighted by molar-refractivity contribution is 5.84. The molecule has 0 saturated carbocycles. The number of morpholine rings is 1. The van der Waals surface area contributed by atoms with Crippen LogP contribution in [-0.2, 0) is 11.3 Å². The number of benzene rings is 2. The molecule has 0 unspecified atom stereocenters. The molecule has 8 heteroatoms. The Labute approximate surface area is 162 Å². The van der Waals surface area contributed by atoms with Gasteiger partial charge in [-0.15, -0.1) is 0 Å². The number of nitro groups is 1. The number of non-ortho nitro benzene ring substituents is 1. The van der Waals surface area contributed by atoms with Crippen molar-refractivity contribution in [2.75, 3.05) is 32.8 Å². The molecule has 0 atom stereocenters. The number of nitrogens with one attached hydrogen (secondary N) is 1. The van der Waals surface area contributed by atoms with Gasteiger partial charge in [0.1, 0.15) is 13.1 Å². The van der Waals surface area contributed by atoms with Gasteiger partial charge in [-0.25, -0.2) is 9.98 Å². The summed E-state index contributed by atoms with van der Waals surface area (Å²) in [6.45, 7) is 5.41. The molecule has 1 aliphatic rings. The molecule has 1 N–H and O–H groups in total. The number of quaternary nitrogens is 1. The molecule has 3 aromatic rings. The summed E-state index contributed by atoms with van der Waals surface area (Å²) >= 11 is 0. The van der Waals surface area contributed by atoms with Gasteiger partial charge in [0.15, 0.2) is 0 Å². The first-order chi connectivity index (χ1) is 13.7. The molecule has 144 valence electrons. The number of fused-ring (bicyclic) bond motifs is 1. The van der Waals surface area contributed by atoms with Gasteiger partial charge in [0, 0.05) is 18.3 Å². The monoisotopic (exact) mass is 380 g/mol. The van der Waals surface area contributed by atoms with Crippen LogP contribution < -0.4 is 4.90 Å². The quantitative estimate of drug-likeness (QED) is 0.400. The Morgan fingerprint density at radius 3 is 2.86 bits per heavy atom. The molecule has 28 heavy (non-hydrogen) atoms. The fraction of sp³-hybridized carbons (Fsp3) is 0.300. The molecule has 1 aliphatic heterocycles. The Morgan fingerprint density at radius 1 is 1.21 bits per heavy atom. The third-order valence-electron chi connectivity index (χ3n) is 4.93. The summed E-state index contributed by atoms with van der Waals surface area (Å²) in [4.78, 5) is 21.3. The number of nitrogens with zero attached hydrogens (tertiary/aromatic N) is 4. The van der Waals surface area contributed by atoms with Gasteiger partial charge in [0.25, 0.3) is 5.69 Å². The molecule has 0 amide bonds. The third-order valence-corrected chi connectivity index (χ3v) is 4.93. The molecule has 0 bridgehead atoms. The second-order valence-electron chi connectivity index (χ2n) is 6.77. The van der Waals surface area contributed by atoms with Crippen molar-refractivity contribution in [3.8, 4) is 0 Å². The number of aromatic nitrogens is 2. The molecule has 4 rings (SSSR count). The van der Waals surface area contributed by atoms with Crippen LogP contribution in [0.1, 0.15) is 5.56 Å². The molecule has 8 nitrogen and oxygen atoms in total. The van der Waals surface area contributed by atoms with Crippen LogP contribution in [0.15, 0.2) is 53.5 Å². The van der Waals surface area contributed by atoms with Crippen LogP contribution in [0.3, 0.4) is 0 Å². The number of ether oxygens (including phenoxy) is 1. The van der Waals surface area contributed by atoms with E-state index < -0.39 is 4.92 Å². The fourth-order valence-corrected chi connectivity index (χ4v) is 3.41. The van der Waals surface area contributed by atoms with Crippen LogP contribution in [-0.4, -0.2) is 53.5 Å². The van der Waals surface area contributed by atoms with Gasteiger partial charge >= 0.3 is 0 Å². The first kappa shape index (κ1) is 18.3. The number of nitro benzene ring substituents is 1. The minimum absolute atomic E-state index is 0.0494. The molecule has 0 aliphatic carbocycles. The molecular formula is C20H22N5O3+. The van der Waals surface area contributed by atoms with Gasteiger partial charge in [-0.3, -0.25) is 10.1 Å². The largest absolute Gasteiger partial charge is 0.370 e. The van der Waals surface area contributed by atoms with E-state index in [1.165, 1.54) is 17.0 Å². The van der Waals surface area contributed by atoms with E-state index in [1.54, 1.807) is 18.3 Å². The highest BCUT2D eigenvalue weighted by Crippen LogP contribution is 2.21. The summed E-state index contributed by atoms with van der Waals surface area (Å²) in [5.41, 5.74) is 2.66. The molecule has 2 aromatic carbocycles. The molecule has 2 heterocycles. The number of hydrogen-bond donors (Lipinski definition) is 1. The Morgan fingerprint density at radius 2 is 2.04 bits per heavy atom. The van der Waals surface area contributed by atoms with Crippen molar-refractivity contribution in [3.05, 3.63) is 64.2 Å². The number of imidazole rings is 1. The van der Waals surface area contributed by atoms with E-state index in [-0.39, 0.29) is 5.69 Å². The lowest BCUT2D eigenvalue weighted by Gasteiger charge is -2.24. The van der Waals surface area contributed by atoms with E-state index in [1.807, 2.05) is 24.3 Å². The SMILES string of the molecule is O=[N+]([O-])c1cccc(C=Nc2nc3ccccc3n2CC[NH+]2CCOCC2)c1. The zero-order valence-corrected chi connectivity index (χ0v) is 15.5. The summed E-state index contributed by atoms with van der Waals surface area (Å²) < 4.78 is 7.55. The summed E-state index contributed by atoms with van der Waals surface area (Å²) in [6.07, 6.45) is 1.63. The minimum Gasteiger partial charge on any atom is -0.370 e. The maximum atomic E-state index is 11.0. The normalized spacial score (nSPS) is 15.4. The van der Waals surface area contributed by atoms with Crippen LogP contribution in [0.4, 0.5) is 11.6 Å². The maximum Gasteiger partial charge on any atom is 0.270 e. The van der Waals surface area contributed by atoms with Crippen LogP contribution in [0.25, 0.3) is 11.0 Å². The van der Waals surface area contributed by atoms with Gasteiger partial charge in [0.2, 0.25) is 5.95 Å². The average Bonchev–Trinajstić information content (AvgIpc) is 3.09.